The Labute approximate surface area is 267 Å². The van der Waals surface area contributed by atoms with Crippen LogP contribution in [0.25, 0.3) is 0 Å². The molecule has 1 saturated heterocycles. The largest absolute Gasteiger partial charge is 0.519 e. The van der Waals surface area contributed by atoms with Gasteiger partial charge in [-0.3, -0.25) is 0 Å². The molecule has 44 heavy (non-hydrogen) atoms. The van der Waals surface area contributed by atoms with E-state index in [1.54, 1.807) is 38.4 Å². The van der Waals surface area contributed by atoms with Crippen LogP contribution in [0.5, 0.6) is 5.75 Å². The molecule has 2 aliphatic rings. The number of carbonyl (C=O) groups excluding carboxylic acids is 1. The molecule has 1 aliphatic carbocycles. The van der Waals surface area contributed by atoms with Crippen molar-refractivity contribution in [3.8, 4) is 5.75 Å². The van der Waals surface area contributed by atoms with E-state index in [1.165, 1.54) is 16.7 Å². The zero-order chi connectivity index (χ0) is 32.9. The first-order valence-electron chi connectivity index (χ1n) is 16.4. The van der Waals surface area contributed by atoms with E-state index in [2.05, 4.69) is 52.8 Å². The summed E-state index contributed by atoms with van der Waals surface area (Å²) < 4.78 is 17.3. The number of ether oxygens (including phenoxy) is 3. The van der Waals surface area contributed by atoms with Crippen LogP contribution in [0.15, 0.2) is 82.4 Å². The fourth-order valence-corrected chi connectivity index (χ4v) is 5.54. The topological polar surface area (TPSA) is 65.0 Å². The van der Waals surface area contributed by atoms with E-state index in [0.29, 0.717) is 23.6 Å². The van der Waals surface area contributed by atoms with Crippen LogP contribution in [-0.2, 0) is 9.47 Å². The molecule has 0 spiro atoms. The molecule has 1 heterocycles. The summed E-state index contributed by atoms with van der Waals surface area (Å²) in [5.41, 5.74) is 5.81. The van der Waals surface area contributed by atoms with Gasteiger partial charge in [-0.1, -0.05) is 48.8 Å². The summed E-state index contributed by atoms with van der Waals surface area (Å²) in [7, 11) is 3.30. The maximum absolute atomic E-state index is 12.5. The molecule has 0 radical (unpaired) electrons. The molecule has 1 aromatic rings. The minimum Gasteiger partial charge on any atom is -0.491 e. The number of nitrogens with zero attached hydrogens (tertiary/aromatic N) is 1. The molecule has 1 aromatic carbocycles. The van der Waals surface area contributed by atoms with E-state index in [4.69, 9.17) is 14.2 Å². The fraction of sp³-hybridized carbons (Fsp3) is 0.553. The van der Waals surface area contributed by atoms with Crippen LogP contribution in [0, 0.1) is 5.92 Å². The molecule has 6 nitrogen and oxygen atoms in total. The zero-order valence-electron chi connectivity index (χ0n) is 29.1. The van der Waals surface area contributed by atoms with Crippen molar-refractivity contribution in [1.29, 1.82) is 0 Å². The number of hydrogen-bond acceptors (Lipinski definition) is 5. The van der Waals surface area contributed by atoms with Crippen LogP contribution >= 0.6 is 0 Å². The van der Waals surface area contributed by atoms with Gasteiger partial charge in [0, 0.05) is 24.5 Å². The van der Waals surface area contributed by atoms with Crippen molar-refractivity contribution in [3.05, 3.63) is 82.4 Å². The first kappa shape index (κ1) is 37.1. The van der Waals surface area contributed by atoms with E-state index in [1.807, 2.05) is 26.8 Å². The number of hydrogen-bond donors (Lipinski definition) is 1. The Balaban J connectivity index is 0.00000330. The summed E-state index contributed by atoms with van der Waals surface area (Å²) in [6.07, 6.45) is 17.3. The van der Waals surface area contributed by atoms with Crippen molar-refractivity contribution in [2.45, 2.75) is 119 Å². The molecular weight excluding hydrogens is 550 g/mol. The third-order valence-electron chi connectivity index (χ3n) is 8.14. The number of fused-ring (bicyclic) bond motifs is 1. The summed E-state index contributed by atoms with van der Waals surface area (Å²) in [4.78, 5) is 12.5. The first-order chi connectivity index (χ1) is 20.7. The average Bonchev–Trinajstić information content (AvgIpc) is 2.94. The van der Waals surface area contributed by atoms with Gasteiger partial charge in [0.2, 0.25) is 0 Å². The Morgan fingerprint density at radius 3 is 2.16 bits per heavy atom. The highest BCUT2D eigenvalue weighted by molar-refractivity contribution is 5.65. The number of carbonyl (C=O) groups is 1. The summed E-state index contributed by atoms with van der Waals surface area (Å²) in [6.45, 7) is 17.0. The van der Waals surface area contributed by atoms with Gasteiger partial charge in [0.15, 0.2) is 5.69 Å². The quantitative estimate of drug-likeness (QED) is 0.0840. The van der Waals surface area contributed by atoms with Crippen molar-refractivity contribution >= 4 is 11.8 Å². The van der Waals surface area contributed by atoms with Gasteiger partial charge in [-0.2, -0.15) is 4.65 Å². The van der Waals surface area contributed by atoms with E-state index < -0.39 is 6.16 Å². The van der Waals surface area contributed by atoms with E-state index >= 15 is 0 Å². The number of allylic oxidation sites excluding steroid dienone is 10. The second kappa shape index (κ2) is 17.4. The monoisotopic (exact) mass is 608 g/mol. The molecule has 3 rings (SSSR count). The lowest BCUT2D eigenvalue weighted by molar-refractivity contribution is -0.0469. The van der Waals surface area contributed by atoms with Crippen LogP contribution < -0.4 is 9.38 Å². The molecule has 2 unspecified atom stereocenters. The minimum absolute atomic E-state index is 0.190. The van der Waals surface area contributed by atoms with Crippen molar-refractivity contribution in [1.82, 2.24) is 4.65 Å². The molecular formula is C38H58NO5+. The predicted octanol–water partition coefficient (Wildman–Crippen LogP) is 11.1. The van der Waals surface area contributed by atoms with Crippen LogP contribution in [0.4, 0.5) is 10.5 Å². The van der Waals surface area contributed by atoms with Crippen LogP contribution in [0.2, 0.25) is 0 Å². The summed E-state index contributed by atoms with van der Waals surface area (Å²) in [6, 6.07) is 6.71. The van der Waals surface area contributed by atoms with Gasteiger partial charge in [0.05, 0.1) is 0 Å². The molecule has 2 atom stereocenters. The smallest absolute Gasteiger partial charge is 0.491 e. The summed E-state index contributed by atoms with van der Waals surface area (Å²) in [5, 5.41) is 10.0. The third kappa shape index (κ3) is 12.5. The lowest BCUT2D eigenvalue weighted by Gasteiger charge is -2.42. The van der Waals surface area contributed by atoms with Crippen molar-refractivity contribution < 1.29 is 24.2 Å². The Hall–Kier alpha value is -3.09. The number of benzene rings is 1. The second-order valence-corrected chi connectivity index (χ2v) is 13.0. The zero-order valence-corrected chi connectivity index (χ0v) is 29.1. The summed E-state index contributed by atoms with van der Waals surface area (Å²) in [5.74, 6) is 2.20. The average molecular weight is 609 g/mol. The van der Waals surface area contributed by atoms with Crippen LogP contribution in [0.3, 0.4) is 0 Å². The van der Waals surface area contributed by atoms with Gasteiger partial charge in [0.1, 0.15) is 37.0 Å². The van der Waals surface area contributed by atoms with Crippen molar-refractivity contribution in [2.75, 3.05) is 14.1 Å². The molecule has 1 N–H and O–H groups in total. The van der Waals surface area contributed by atoms with Gasteiger partial charge in [-0.15, -0.1) is 0 Å². The van der Waals surface area contributed by atoms with Gasteiger partial charge in [-0.05, 0) is 117 Å². The lowest BCUT2D eigenvalue weighted by atomic mass is 9.80. The number of rotatable bonds is 12. The fourth-order valence-electron chi connectivity index (χ4n) is 5.54. The highest BCUT2D eigenvalue weighted by Gasteiger charge is 2.38. The second-order valence-electron chi connectivity index (χ2n) is 13.0. The Kier molecular flexibility index (Phi) is 14.7. The lowest BCUT2D eigenvalue weighted by Crippen LogP contribution is -2.37. The molecule has 1 aliphatic heterocycles. The Morgan fingerprint density at radius 2 is 1.57 bits per heavy atom. The molecule has 0 aromatic heterocycles. The normalized spacial score (nSPS) is 20.4. The Bertz CT molecular complexity index is 1240. The molecule has 0 amide bonds. The van der Waals surface area contributed by atoms with Gasteiger partial charge in [-0.25, -0.2) is 10.0 Å². The minimum atomic E-state index is -0.763. The molecule has 6 heteroatoms. The van der Waals surface area contributed by atoms with E-state index in [-0.39, 0.29) is 16.2 Å². The van der Waals surface area contributed by atoms with E-state index in [0.717, 1.165) is 62.7 Å². The molecule has 0 saturated carbocycles. The molecule has 0 bridgehead atoms. The highest BCUT2D eigenvalue weighted by Crippen LogP contribution is 2.44. The highest BCUT2D eigenvalue weighted by atomic mass is 16.7. The standard InChI is InChI=1S/C36H52NO5.C2H6/c1-26(2)12-9-13-27(3)14-10-15-28(4)16-11-22-36(6)23-21-30-25-33(24-29(5)34(30)42-36)41-35(38)40-32-19-17-31(18-20-32)37(7,8)39;1-2/h12,14,16-20,24,30,39H,9-11,13,15,21-23,25H2,1-8H3;1-2H3/q+1;/b27-14+,28-16+;. The Morgan fingerprint density at radius 1 is 0.977 bits per heavy atom. The van der Waals surface area contributed by atoms with Crippen LogP contribution in [-0.4, -0.2) is 31.1 Å². The van der Waals surface area contributed by atoms with Crippen molar-refractivity contribution in [3.63, 3.8) is 0 Å². The number of hydroxylamine groups is 2. The van der Waals surface area contributed by atoms with E-state index in [9.17, 15) is 10.0 Å². The third-order valence-corrected chi connectivity index (χ3v) is 8.14. The molecule has 244 valence electrons. The van der Waals surface area contributed by atoms with Crippen molar-refractivity contribution in [2.24, 2.45) is 5.92 Å². The van der Waals surface area contributed by atoms with Crippen LogP contribution in [0.1, 0.15) is 113 Å². The summed E-state index contributed by atoms with van der Waals surface area (Å²) >= 11 is 0. The first-order valence-corrected chi connectivity index (χ1v) is 16.4. The SMILES string of the molecule is CC.CC(C)=CCC/C(C)=C/CC/C(C)=C/CCC1(C)CCC2CC(OC(=O)Oc3ccc([N+](C)(C)O)cc3)=CC(C)=C2O1. The van der Waals surface area contributed by atoms with Gasteiger partial charge >= 0.3 is 6.16 Å². The predicted molar refractivity (Wildman–Crippen MR) is 183 cm³/mol. The van der Waals surface area contributed by atoms with Gasteiger partial charge < -0.3 is 14.2 Å². The maximum atomic E-state index is 12.5. The van der Waals surface area contributed by atoms with Gasteiger partial charge in [0.25, 0.3) is 0 Å². The molecule has 1 fully saturated rings. The number of quaternary nitrogens is 1. The maximum Gasteiger partial charge on any atom is 0.519 e.